The van der Waals surface area contributed by atoms with Gasteiger partial charge in [-0.3, -0.25) is 5.10 Å². The van der Waals surface area contributed by atoms with Crippen LogP contribution in [0.15, 0.2) is 6.33 Å². The molecular formula is C11H19N5O3. The third kappa shape index (κ3) is 4.23. The Morgan fingerprint density at radius 2 is 2.16 bits per heavy atom. The van der Waals surface area contributed by atoms with Crippen LogP contribution in [0.5, 0.6) is 0 Å². The average Bonchev–Trinajstić information content (AvgIpc) is 2.75. The van der Waals surface area contributed by atoms with Gasteiger partial charge in [-0.25, -0.2) is 14.6 Å². The molecule has 1 heterocycles. The number of carbonyl (C=O) groups is 2. The van der Waals surface area contributed by atoms with Crippen molar-refractivity contribution in [2.24, 2.45) is 5.41 Å². The summed E-state index contributed by atoms with van der Waals surface area (Å²) in [5.74, 6) is -0.533. The van der Waals surface area contributed by atoms with Gasteiger partial charge in [0, 0.05) is 7.05 Å². The second-order valence-electron chi connectivity index (χ2n) is 5.37. The number of carbonyl (C=O) groups excluding carboxylic acids is 1. The number of nitrogens with zero attached hydrogens (tertiary/aromatic N) is 3. The summed E-state index contributed by atoms with van der Waals surface area (Å²) in [7, 11) is 1.55. The third-order valence-electron chi connectivity index (χ3n) is 2.58. The molecule has 106 valence electrons. The quantitative estimate of drug-likeness (QED) is 0.734. The smallest absolute Gasteiger partial charge is 0.326 e. The van der Waals surface area contributed by atoms with Crippen molar-refractivity contribution in [2.45, 2.75) is 33.4 Å². The average molecular weight is 269 g/mol. The van der Waals surface area contributed by atoms with Gasteiger partial charge in [-0.2, -0.15) is 5.10 Å². The number of aromatic amines is 1. The predicted molar refractivity (Wildman–Crippen MR) is 67.3 cm³/mol. The number of urea groups is 1. The van der Waals surface area contributed by atoms with E-state index in [9.17, 15) is 9.59 Å². The van der Waals surface area contributed by atoms with Gasteiger partial charge < -0.3 is 15.3 Å². The van der Waals surface area contributed by atoms with Crippen LogP contribution in [0.25, 0.3) is 0 Å². The molecule has 8 nitrogen and oxygen atoms in total. The van der Waals surface area contributed by atoms with Crippen LogP contribution < -0.4 is 5.32 Å². The van der Waals surface area contributed by atoms with E-state index in [0.717, 1.165) is 0 Å². The van der Waals surface area contributed by atoms with Gasteiger partial charge in [0.25, 0.3) is 0 Å². The van der Waals surface area contributed by atoms with Crippen molar-refractivity contribution in [3.63, 3.8) is 0 Å². The molecule has 1 unspecified atom stereocenters. The molecule has 8 heteroatoms. The van der Waals surface area contributed by atoms with Crippen molar-refractivity contribution in [1.29, 1.82) is 0 Å². The van der Waals surface area contributed by atoms with Crippen LogP contribution in [0.2, 0.25) is 0 Å². The fraction of sp³-hybridized carbons (Fsp3) is 0.636. The Hall–Kier alpha value is -2.12. The highest BCUT2D eigenvalue weighted by molar-refractivity contribution is 5.83. The van der Waals surface area contributed by atoms with E-state index in [1.165, 1.54) is 11.2 Å². The molecule has 0 spiro atoms. The number of nitrogens with one attached hydrogen (secondary N) is 2. The number of carboxylic acid groups (broad SMARTS) is 1. The lowest BCUT2D eigenvalue weighted by Crippen LogP contribution is -2.52. The van der Waals surface area contributed by atoms with E-state index in [4.69, 9.17) is 5.11 Å². The summed E-state index contributed by atoms with van der Waals surface area (Å²) in [5.41, 5.74) is -0.575. The van der Waals surface area contributed by atoms with Gasteiger partial charge >= 0.3 is 12.0 Å². The first kappa shape index (κ1) is 14.9. The minimum Gasteiger partial charge on any atom is -0.480 e. The van der Waals surface area contributed by atoms with Crippen molar-refractivity contribution in [2.75, 3.05) is 7.05 Å². The van der Waals surface area contributed by atoms with Gasteiger partial charge in [0.2, 0.25) is 0 Å². The van der Waals surface area contributed by atoms with Crippen molar-refractivity contribution in [3.05, 3.63) is 12.2 Å². The van der Waals surface area contributed by atoms with Gasteiger partial charge in [-0.05, 0) is 5.41 Å². The van der Waals surface area contributed by atoms with Crippen LogP contribution in [0.4, 0.5) is 4.79 Å². The lowest BCUT2D eigenvalue weighted by atomic mass is 9.87. The molecule has 0 aliphatic heterocycles. The maximum atomic E-state index is 11.9. The van der Waals surface area contributed by atoms with Crippen molar-refractivity contribution in [1.82, 2.24) is 25.4 Å². The lowest BCUT2D eigenvalue weighted by Gasteiger charge is -2.29. The zero-order chi connectivity index (χ0) is 14.6. The fourth-order valence-corrected chi connectivity index (χ4v) is 1.49. The summed E-state index contributed by atoms with van der Waals surface area (Å²) in [6.07, 6.45) is 1.34. The Balaban J connectivity index is 2.64. The van der Waals surface area contributed by atoms with Crippen LogP contribution in [0.3, 0.4) is 0 Å². The van der Waals surface area contributed by atoms with Crippen LogP contribution in [0, 0.1) is 5.41 Å². The zero-order valence-corrected chi connectivity index (χ0v) is 11.5. The molecule has 1 aromatic rings. The van der Waals surface area contributed by atoms with E-state index in [1.54, 1.807) is 27.8 Å². The molecule has 0 radical (unpaired) electrons. The highest BCUT2D eigenvalue weighted by atomic mass is 16.4. The van der Waals surface area contributed by atoms with Crippen molar-refractivity contribution >= 4 is 12.0 Å². The summed E-state index contributed by atoms with van der Waals surface area (Å²) >= 11 is 0. The standard InChI is InChI=1S/C11H19N5O3/c1-11(2,3)8(9(17)18)14-10(19)16(4)5-7-12-6-13-15-7/h6,8H,5H2,1-4H3,(H,14,19)(H,17,18)(H,12,13,15). The predicted octanol–water partition coefficient (Wildman–Crippen LogP) is 0.445. The van der Waals surface area contributed by atoms with Gasteiger partial charge in [0.05, 0.1) is 6.54 Å². The highest BCUT2D eigenvalue weighted by Crippen LogP contribution is 2.19. The number of aromatic nitrogens is 3. The molecule has 3 N–H and O–H groups in total. The molecule has 19 heavy (non-hydrogen) atoms. The monoisotopic (exact) mass is 269 g/mol. The SMILES string of the molecule is CN(Cc1ncn[nH]1)C(=O)NC(C(=O)O)C(C)(C)C. The molecule has 0 aliphatic rings. The Bertz CT molecular complexity index is 438. The van der Waals surface area contributed by atoms with E-state index in [0.29, 0.717) is 5.82 Å². The molecule has 2 amide bonds. The first-order chi connectivity index (χ1) is 8.71. The third-order valence-corrected chi connectivity index (χ3v) is 2.58. The van der Waals surface area contributed by atoms with Gasteiger partial charge in [-0.15, -0.1) is 0 Å². The maximum Gasteiger partial charge on any atom is 0.326 e. The second-order valence-corrected chi connectivity index (χ2v) is 5.37. The summed E-state index contributed by atoms with van der Waals surface area (Å²) in [6.45, 7) is 5.48. The minimum absolute atomic E-state index is 0.225. The summed E-state index contributed by atoms with van der Waals surface area (Å²) < 4.78 is 0. The molecule has 0 bridgehead atoms. The van der Waals surface area contributed by atoms with Crippen LogP contribution in [0.1, 0.15) is 26.6 Å². The largest absolute Gasteiger partial charge is 0.480 e. The Morgan fingerprint density at radius 3 is 2.58 bits per heavy atom. The summed E-state index contributed by atoms with van der Waals surface area (Å²) in [4.78, 5) is 28.3. The number of H-pyrrole nitrogens is 1. The van der Waals surface area contributed by atoms with Gasteiger partial charge in [0.15, 0.2) is 0 Å². The van der Waals surface area contributed by atoms with Crippen molar-refractivity contribution < 1.29 is 14.7 Å². The molecule has 0 saturated heterocycles. The normalized spacial score (nSPS) is 12.8. The van der Waals surface area contributed by atoms with Crippen LogP contribution >= 0.6 is 0 Å². The van der Waals surface area contributed by atoms with E-state index < -0.39 is 23.5 Å². The molecule has 1 rings (SSSR count). The second kappa shape index (κ2) is 5.68. The zero-order valence-electron chi connectivity index (χ0n) is 11.5. The highest BCUT2D eigenvalue weighted by Gasteiger charge is 2.33. The van der Waals surface area contributed by atoms with E-state index in [1.807, 2.05) is 0 Å². The van der Waals surface area contributed by atoms with Crippen LogP contribution in [-0.4, -0.2) is 50.3 Å². The molecule has 0 aromatic carbocycles. The van der Waals surface area contributed by atoms with E-state index in [2.05, 4.69) is 20.5 Å². The first-order valence-electron chi connectivity index (χ1n) is 5.80. The topological polar surface area (TPSA) is 111 Å². The number of hydrogen-bond donors (Lipinski definition) is 3. The Kier molecular flexibility index (Phi) is 4.47. The first-order valence-corrected chi connectivity index (χ1v) is 5.80. The minimum atomic E-state index is -1.06. The molecule has 1 aromatic heterocycles. The maximum absolute atomic E-state index is 11.9. The summed E-state index contributed by atoms with van der Waals surface area (Å²) in [5, 5.41) is 17.9. The van der Waals surface area contributed by atoms with E-state index in [-0.39, 0.29) is 6.54 Å². The van der Waals surface area contributed by atoms with Gasteiger partial charge in [-0.1, -0.05) is 20.8 Å². The number of amides is 2. The Morgan fingerprint density at radius 1 is 1.53 bits per heavy atom. The fourth-order valence-electron chi connectivity index (χ4n) is 1.49. The molecule has 0 aliphatic carbocycles. The van der Waals surface area contributed by atoms with Gasteiger partial charge in [0.1, 0.15) is 18.2 Å². The number of carboxylic acids is 1. The van der Waals surface area contributed by atoms with Crippen LogP contribution in [-0.2, 0) is 11.3 Å². The lowest BCUT2D eigenvalue weighted by molar-refractivity contribution is -0.142. The number of rotatable bonds is 4. The number of hydrogen-bond acceptors (Lipinski definition) is 4. The molecule has 1 atom stereocenters. The molecule has 0 saturated carbocycles. The van der Waals surface area contributed by atoms with E-state index >= 15 is 0 Å². The Labute approximate surface area is 111 Å². The molecular weight excluding hydrogens is 250 g/mol. The number of aliphatic carboxylic acids is 1. The van der Waals surface area contributed by atoms with Crippen molar-refractivity contribution in [3.8, 4) is 0 Å². The molecule has 0 fully saturated rings. The summed E-state index contributed by atoms with van der Waals surface area (Å²) in [6, 6.07) is -1.43.